The van der Waals surface area contributed by atoms with Gasteiger partial charge in [0.1, 0.15) is 11.5 Å². The Bertz CT molecular complexity index is 898. The molecule has 2 unspecified atom stereocenters. The lowest BCUT2D eigenvalue weighted by Crippen LogP contribution is -2.40. The van der Waals surface area contributed by atoms with Crippen LogP contribution in [0.5, 0.6) is 0 Å². The fraction of sp³-hybridized carbons (Fsp3) is 0.583. The second-order valence-electron chi connectivity index (χ2n) is 10.0. The Hall–Kier alpha value is -1.42. The predicted molar refractivity (Wildman–Crippen MR) is 153 cm³/mol. The smallest absolute Gasteiger partial charge is 0.227 e. The first kappa shape index (κ1) is 29.8. The van der Waals surface area contributed by atoms with E-state index in [-0.39, 0.29) is 28.4 Å². The van der Waals surface area contributed by atoms with E-state index >= 15 is 0 Å². The van der Waals surface area contributed by atoms with E-state index in [2.05, 4.69) is 49.1 Å². The fourth-order valence-corrected chi connectivity index (χ4v) is 6.45. The molecule has 0 bridgehead atoms. The molecule has 0 saturated heterocycles. The largest absolute Gasteiger partial charge is 0.506 e. The number of carbonyl (C=O) groups excluding carboxylic acids is 1. The molecule has 0 saturated carbocycles. The summed E-state index contributed by atoms with van der Waals surface area (Å²) in [6.07, 6.45) is 6.56. The van der Waals surface area contributed by atoms with Gasteiger partial charge in [0.2, 0.25) is 6.41 Å². The molecule has 1 aliphatic carbocycles. The van der Waals surface area contributed by atoms with Crippen LogP contribution in [0.15, 0.2) is 45.7 Å². The number of aliphatic hydroxyl groups excluding tert-OH is 1. The maximum absolute atomic E-state index is 11.5. The number of carbonyl (C=O) groups is 1. The number of amides is 1. The van der Waals surface area contributed by atoms with Crippen LogP contribution >= 0.6 is 31.4 Å². The van der Waals surface area contributed by atoms with Gasteiger partial charge in [0.05, 0.1) is 10.1 Å². The van der Waals surface area contributed by atoms with Crippen LogP contribution in [0, 0.1) is 11.3 Å². The van der Waals surface area contributed by atoms with Gasteiger partial charge in [-0.1, -0.05) is 38.8 Å². The fourth-order valence-electron chi connectivity index (χ4n) is 4.00. The minimum absolute atomic E-state index is 0.0330. The third kappa shape index (κ3) is 9.52. The molecule has 0 aromatic carbocycles. The molecular formula is C24H41N6O2PS2. The summed E-state index contributed by atoms with van der Waals surface area (Å²) >= 11 is 2.74. The predicted octanol–water partition coefficient (Wildman–Crippen LogP) is 4.01. The van der Waals surface area contributed by atoms with Crippen molar-refractivity contribution in [2.75, 3.05) is 19.4 Å². The average Bonchev–Trinajstić information content (AvgIpc) is 3.32. The monoisotopic (exact) mass is 540 g/mol. The minimum atomic E-state index is -0.469. The van der Waals surface area contributed by atoms with Gasteiger partial charge in [-0.15, -0.1) is 11.3 Å². The topological polar surface area (TPSA) is 152 Å². The van der Waals surface area contributed by atoms with Crippen LogP contribution in [-0.2, 0) is 4.79 Å². The first-order chi connectivity index (χ1) is 16.6. The number of hydrazone groups is 1. The average molecular weight is 541 g/mol. The van der Waals surface area contributed by atoms with Gasteiger partial charge in [-0.25, -0.2) is 5.43 Å². The molecule has 35 heavy (non-hydrogen) atoms. The molecule has 8 nitrogen and oxygen atoms in total. The highest BCUT2D eigenvalue weighted by Crippen LogP contribution is 2.39. The second-order valence-corrected chi connectivity index (χ2v) is 13.9. The Labute approximate surface area is 219 Å². The van der Waals surface area contributed by atoms with Crippen molar-refractivity contribution in [3.05, 3.63) is 45.5 Å². The molecule has 9 N–H and O–H groups in total. The number of nitrogens with one attached hydrogen (secondary N) is 2. The summed E-state index contributed by atoms with van der Waals surface area (Å²) in [6, 6.07) is 3.71. The molecule has 1 aromatic heterocycles. The summed E-state index contributed by atoms with van der Waals surface area (Å²) in [4.78, 5) is 11.8. The molecule has 196 valence electrons. The van der Waals surface area contributed by atoms with Crippen LogP contribution in [0.3, 0.4) is 0 Å². The van der Waals surface area contributed by atoms with E-state index in [1.165, 1.54) is 23.3 Å². The normalized spacial score (nSPS) is 22.8. The van der Waals surface area contributed by atoms with Gasteiger partial charge >= 0.3 is 0 Å². The standard InChI is InChI=1S/C24H41N6O2PS2/c1-24(2,3)8-7-16(23(32)22(29-28-15-31)20-6-5-11-34-20)12-17-13-18(26)21(35-27)14-19(17)30-33(4)10-9-25/h5-6,11,14-15,17-18,21,30,32H,7-10,12-13,25-27H2,1-4H3,(H,28,31)/b23-16-,29-22-/t17-,18?,21?,33+/m1/s1. The van der Waals surface area contributed by atoms with E-state index in [9.17, 15) is 9.90 Å². The molecule has 0 radical (unpaired) electrons. The second kappa shape index (κ2) is 14.4. The summed E-state index contributed by atoms with van der Waals surface area (Å²) in [7, 11) is -0.469. The van der Waals surface area contributed by atoms with Crippen molar-refractivity contribution < 1.29 is 9.90 Å². The van der Waals surface area contributed by atoms with Gasteiger partial charge < -0.3 is 21.7 Å². The molecule has 1 aliphatic rings. The van der Waals surface area contributed by atoms with E-state index in [1.54, 1.807) is 0 Å². The first-order valence-corrected chi connectivity index (χ1v) is 15.6. The molecule has 2 rings (SSSR count). The Morgan fingerprint density at radius 2 is 2.17 bits per heavy atom. The molecule has 11 heteroatoms. The van der Waals surface area contributed by atoms with Crippen molar-refractivity contribution in [3.63, 3.8) is 0 Å². The number of allylic oxidation sites excluding steroid dienone is 3. The maximum Gasteiger partial charge on any atom is 0.227 e. The van der Waals surface area contributed by atoms with E-state index < -0.39 is 8.07 Å². The zero-order valence-electron chi connectivity index (χ0n) is 21.2. The lowest BCUT2D eigenvalue weighted by Gasteiger charge is -2.35. The quantitative estimate of drug-likeness (QED) is 0.0552. The molecule has 1 heterocycles. The zero-order valence-corrected chi connectivity index (χ0v) is 23.7. The van der Waals surface area contributed by atoms with E-state index in [0.717, 1.165) is 35.2 Å². The number of hydrogen-bond donors (Lipinski definition) is 6. The lowest BCUT2D eigenvalue weighted by atomic mass is 9.81. The van der Waals surface area contributed by atoms with Crippen molar-refractivity contribution in [1.82, 2.24) is 10.5 Å². The highest BCUT2D eigenvalue weighted by Gasteiger charge is 2.31. The highest BCUT2D eigenvalue weighted by atomic mass is 32.2. The van der Waals surface area contributed by atoms with Crippen LogP contribution < -0.4 is 27.1 Å². The summed E-state index contributed by atoms with van der Waals surface area (Å²) in [5.74, 6) is 0.229. The molecule has 0 fully saturated rings. The molecule has 1 aromatic rings. The number of nitrogens with two attached hydrogens (primary N) is 3. The van der Waals surface area contributed by atoms with Gasteiger partial charge in [0.25, 0.3) is 0 Å². The van der Waals surface area contributed by atoms with Gasteiger partial charge in [0.15, 0.2) is 0 Å². The van der Waals surface area contributed by atoms with Gasteiger partial charge in [-0.05, 0) is 81.6 Å². The Balaban J connectivity index is 2.47. The summed E-state index contributed by atoms with van der Waals surface area (Å²) < 4.78 is 0. The van der Waals surface area contributed by atoms with E-state index in [0.29, 0.717) is 31.5 Å². The number of thiophene rings is 1. The van der Waals surface area contributed by atoms with Crippen molar-refractivity contribution >= 4 is 43.5 Å². The summed E-state index contributed by atoms with van der Waals surface area (Å²) in [5.41, 5.74) is 17.2. The first-order valence-electron chi connectivity index (χ1n) is 11.8. The Kier molecular flexibility index (Phi) is 12.2. The van der Waals surface area contributed by atoms with Gasteiger partial charge in [-0.2, -0.15) is 5.10 Å². The third-order valence-corrected chi connectivity index (χ3v) is 9.16. The van der Waals surface area contributed by atoms with Crippen molar-refractivity contribution in [2.45, 2.75) is 57.7 Å². The van der Waals surface area contributed by atoms with E-state index in [1.807, 2.05) is 17.5 Å². The summed E-state index contributed by atoms with van der Waals surface area (Å²) in [6.45, 7) is 9.37. The Morgan fingerprint density at radius 3 is 2.74 bits per heavy atom. The minimum Gasteiger partial charge on any atom is -0.506 e. The third-order valence-electron chi connectivity index (χ3n) is 5.92. The number of nitrogens with zero attached hydrogens (tertiary/aromatic N) is 1. The van der Waals surface area contributed by atoms with Crippen molar-refractivity contribution in [1.29, 1.82) is 0 Å². The molecule has 0 spiro atoms. The lowest BCUT2D eigenvalue weighted by molar-refractivity contribution is -0.109. The molecule has 0 aliphatic heterocycles. The van der Waals surface area contributed by atoms with Gasteiger partial charge in [0, 0.05) is 17.7 Å². The van der Waals surface area contributed by atoms with Gasteiger partial charge in [-0.3, -0.25) is 9.93 Å². The number of hydrogen-bond acceptors (Lipinski definition) is 9. The Morgan fingerprint density at radius 1 is 1.43 bits per heavy atom. The number of aliphatic hydroxyl groups is 1. The van der Waals surface area contributed by atoms with Crippen LogP contribution in [0.25, 0.3) is 0 Å². The van der Waals surface area contributed by atoms with Crippen LogP contribution in [0.4, 0.5) is 0 Å². The maximum atomic E-state index is 11.5. The number of rotatable bonds is 13. The van der Waals surface area contributed by atoms with Crippen molar-refractivity contribution in [3.8, 4) is 0 Å². The van der Waals surface area contributed by atoms with Crippen LogP contribution in [0.1, 0.15) is 51.3 Å². The summed E-state index contributed by atoms with van der Waals surface area (Å²) in [5, 5.41) is 27.3. The molecule has 4 atom stereocenters. The molecular weight excluding hydrogens is 499 g/mol. The zero-order chi connectivity index (χ0) is 26.0. The highest BCUT2D eigenvalue weighted by molar-refractivity contribution is 7.97. The van der Waals surface area contributed by atoms with Crippen LogP contribution in [-0.4, -0.2) is 47.9 Å². The van der Waals surface area contributed by atoms with Crippen LogP contribution in [0.2, 0.25) is 0 Å². The van der Waals surface area contributed by atoms with Crippen molar-refractivity contribution in [2.24, 2.45) is 33.0 Å². The SMILES string of the molecule is C[P@@](CCN)NC1=CC(SN)C(N)C[C@H]1C/C(CCC(C)(C)C)=C(O)/C(=N\NC=O)c1cccs1. The molecule has 1 amide bonds. The van der Waals surface area contributed by atoms with E-state index in [4.69, 9.17) is 16.6 Å².